The van der Waals surface area contributed by atoms with Crippen molar-refractivity contribution in [3.05, 3.63) is 36.4 Å². The van der Waals surface area contributed by atoms with E-state index in [1.54, 1.807) is 0 Å². The van der Waals surface area contributed by atoms with Crippen molar-refractivity contribution < 1.29 is 4.84 Å². The van der Waals surface area contributed by atoms with E-state index in [0.717, 1.165) is 11.3 Å². The first-order chi connectivity index (χ1) is 4.47. The predicted octanol–water partition coefficient (Wildman–Crippen LogP) is 0.970. The number of hydroxylamine groups is 1. The summed E-state index contributed by atoms with van der Waals surface area (Å²) in [6, 6.07) is 7.70. The molecule has 9 heavy (non-hydrogen) atoms. The Bertz CT molecular complexity index is 199. The van der Waals surface area contributed by atoms with Crippen molar-refractivity contribution in [2.24, 2.45) is 0 Å². The van der Waals surface area contributed by atoms with Gasteiger partial charge in [0.25, 0.3) is 0 Å². The van der Waals surface area contributed by atoms with Crippen molar-refractivity contribution in [2.75, 3.05) is 0 Å². The molecule has 0 aliphatic carbocycles. The monoisotopic (exact) mass is 119 g/mol. The second kappa shape index (κ2) is 1.74. The summed E-state index contributed by atoms with van der Waals surface area (Å²) in [5.74, 6) is 0.845. The molecule has 44 valence electrons. The molecule has 1 heterocycles. The van der Waals surface area contributed by atoms with E-state index in [-0.39, 0.29) is 0 Å². The van der Waals surface area contributed by atoms with Crippen molar-refractivity contribution in [3.8, 4) is 5.75 Å². The molecule has 0 saturated carbocycles. The van der Waals surface area contributed by atoms with Gasteiger partial charge < -0.3 is 4.84 Å². The van der Waals surface area contributed by atoms with Gasteiger partial charge in [-0.05, 0) is 6.07 Å². The van der Waals surface area contributed by atoms with E-state index in [0.29, 0.717) is 0 Å². The summed E-state index contributed by atoms with van der Waals surface area (Å²) in [6.45, 7) is 2.83. The summed E-state index contributed by atoms with van der Waals surface area (Å²) in [5, 5.41) is 0. The molecule has 0 aromatic heterocycles. The summed E-state index contributed by atoms with van der Waals surface area (Å²) in [6.07, 6.45) is 0. The quantitative estimate of drug-likeness (QED) is 0.549. The molecule has 0 saturated heterocycles. The number of rotatable bonds is 0. The van der Waals surface area contributed by atoms with Gasteiger partial charge >= 0.3 is 0 Å². The first-order valence-electron chi connectivity index (χ1n) is 2.74. The highest BCUT2D eigenvalue weighted by molar-refractivity contribution is 5.40. The first kappa shape index (κ1) is 4.82. The molecule has 2 rings (SSSR count). The highest BCUT2D eigenvalue weighted by Crippen LogP contribution is 2.21. The lowest BCUT2D eigenvalue weighted by Gasteiger charge is -1.91. The Balaban J connectivity index is 2.54. The van der Waals surface area contributed by atoms with Gasteiger partial charge in [0, 0.05) is 5.56 Å². The Morgan fingerprint density at radius 1 is 1.33 bits per heavy atom. The molecular formula is C7H5NO. The molecule has 1 aliphatic rings. The van der Waals surface area contributed by atoms with Crippen molar-refractivity contribution in [1.29, 1.82) is 0 Å². The van der Waals surface area contributed by atoms with Crippen LogP contribution in [0.3, 0.4) is 0 Å². The molecule has 1 N–H and O–H groups in total. The SMILES string of the molecule is [C]1NOc2ccccc21. The number of hydrogen-bond acceptors (Lipinski definition) is 2. The number of para-hydroxylation sites is 1. The van der Waals surface area contributed by atoms with Gasteiger partial charge in [-0.25, -0.2) is 0 Å². The van der Waals surface area contributed by atoms with Crippen LogP contribution in [0.2, 0.25) is 0 Å². The molecule has 2 nitrogen and oxygen atoms in total. The second-order valence-corrected chi connectivity index (χ2v) is 1.83. The largest absolute Gasteiger partial charge is 0.407 e. The molecule has 0 spiro atoms. The molecule has 0 unspecified atom stereocenters. The Labute approximate surface area is 53.4 Å². The van der Waals surface area contributed by atoms with Crippen LogP contribution < -0.4 is 10.3 Å². The lowest BCUT2D eigenvalue weighted by atomic mass is 10.2. The third kappa shape index (κ3) is 0.678. The van der Waals surface area contributed by atoms with Gasteiger partial charge in [-0.2, -0.15) is 0 Å². The Morgan fingerprint density at radius 2 is 2.22 bits per heavy atom. The Hall–Kier alpha value is -1.02. The highest BCUT2D eigenvalue weighted by atomic mass is 16.7. The van der Waals surface area contributed by atoms with Crippen LogP contribution in [0.5, 0.6) is 5.75 Å². The molecule has 2 radical (unpaired) electrons. The average molecular weight is 119 g/mol. The molecule has 2 heteroatoms. The number of benzene rings is 1. The van der Waals surface area contributed by atoms with Crippen LogP contribution in [-0.2, 0) is 0 Å². The van der Waals surface area contributed by atoms with Crippen LogP contribution in [0.15, 0.2) is 24.3 Å². The van der Waals surface area contributed by atoms with Crippen LogP contribution in [-0.4, -0.2) is 0 Å². The van der Waals surface area contributed by atoms with Crippen LogP contribution in [0.4, 0.5) is 0 Å². The summed E-state index contributed by atoms with van der Waals surface area (Å²) in [5.41, 5.74) is 3.52. The maximum absolute atomic E-state index is 4.94. The standard InChI is InChI=1S/C7H5NO/c1-2-4-7-6(3-1)5-8-9-7/h1-4,8H. The van der Waals surface area contributed by atoms with E-state index in [1.807, 2.05) is 24.3 Å². The predicted molar refractivity (Wildman–Crippen MR) is 32.6 cm³/mol. The lowest BCUT2D eigenvalue weighted by Crippen LogP contribution is -2.05. The smallest absolute Gasteiger partial charge is 0.152 e. The summed E-state index contributed by atoms with van der Waals surface area (Å²) in [7, 11) is 0. The minimum atomic E-state index is 0.845. The van der Waals surface area contributed by atoms with Gasteiger partial charge in [0.1, 0.15) is 6.54 Å². The van der Waals surface area contributed by atoms with Crippen LogP contribution in [0, 0.1) is 6.54 Å². The second-order valence-electron chi connectivity index (χ2n) is 1.83. The van der Waals surface area contributed by atoms with E-state index >= 15 is 0 Å². The molecule has 1 aromatic carbocycles. The van der Waals surface area contributed by atoms with E-state index in [4.69, 9.17) is 4.84 Å². The molecule has 0 atom stereocenters. The number of fused-ring (bicyclic) bond motifs is 1. The van der Waals surface area contributed by atoms with Crippen LogP contribution >= 0.6 is 0 Å². The van der Waals surface area contributed by atoms with Crippen molar-refractivity contribution in [2.45, 2.75) is 0 Å². The van der Waals surface area contributed by atoms with Crippen molar-refractivity contribution in [3.63, 3.8) is 0 Å². The maximum atomic E-state index is 4.94. The van der Waals surface area contributed by atoms with Gasteiger partial charge in [0.2, 0.25) is 0 Å². The fourth-order valence-corrected chi connectivity index (χ4v) is 0.794. The van der Waals surface area contributed by atoms with Crippen molar-refractivity contribution in [1.82, 2.24) is 5.48 Å². The van der Waals surface area contributed by atoms with Crippen LogP contribution in [0.1, 0.15) is 5.56 Å². The lowest BCUT2D eigenvalue weighted by molar-refractivity contribution is 0.254. The Morgan fingerprint density at radius 3 is 3.11 bits per heavy atom. The fourth-order valence-electron chi connectivity index (χ4n) is 0.794. The van der Waals surface area contributed by atoms with Gasteiger partial charge in [-0.3, -0.25) is 0 Å². The van der Waals surface area contributed by atoms with E-state index in [1.165, 1.54) is 0 Å². The molecule has 0 amide bonds. The van der Waals surface area contributed by atoms with Crippen LogP contribution in [0.25, 0.3) is 0 Å². The van der Waals surface area contributed by atoms with Gasteiger partial charge in [0.15, 0.2) is 5.75 Å². The average Bonchev–Trinajstić information content (AvgIpc) is 2.33. The summed E-state index contributed by atoms with van der Waals surface area (Å²) >= 11 is 0. The normalized spacial score (nSPS) is 14.7. The minimum absolute atomic E-state index is 0.845. The zero-order chi connectivity index (χ0) is 6.10. The summed E-state index contributed by atoms with van der Waals surface area (Å²) < 4.78 is 0. The fraction of sp³-hybridized carbons (Fsp3) is 0. The van der Waals surface area contributed by atoms with Gasteiger partial charge in [-0.15, -0.1) is 5.48 Å². The summed E-state index contributed by atoms with van der Waals surface area (Å²) in [4.78, 5) is 4.94. The van der Waals surface area contributed by atoms with E-state index in [2.05, 4.69) is 12.0 Å². The zero-order valence-corrected chi connectivity index (χ0v) is 4.72. The molecule has 0 bridgehead atoms. The van der Waals surface area contributed by atoms with Crippen molar-refractivity contribution >= 4 is 0 Å². The third-order valence-corrected chi connectivity index (χ3v) is 1.23. The Kier molecular flexibility index (Phi) is 0.932. The van der Waals surface area contributed by atoms with E-state index < -0.39 is 0 Å². The number of hydrogen-bond donors (Lipinski definition) is 1. The zero-order valence-electron chi connectivity index (χ0n) is 4.72. The molecular weight excluding hydrogens is 114 g/mol. The number of nitrogens with one attached hydrogen (secondary N) is 1. The molecule has 1 aromatic rings. The molecule has 0 fully saturated rings. The highest BCUT2D eigenvalue weighted by Gasteiger charge is 2.09. The third-order valence-electron chi connectivity index (χ3n) is 1.23. The topological polar surface area (TPSA) is 21.3 Å². The van der Waals surface area contributed by atoms with Gasteiger partial charge in [0.05, 0.1) is 0 Å². The maximum Gasteiger partial charge on any atom is 0.152 e. The van der Waals surface area contributed by atoms with Gasteiger partial charge in [-0.1, -0.05) is 18.2 Å². The minimum Gasteiger partial charge on any atom is -0.407 e. The van der Waals surface area contributed by atoms with E-state index in [9.17, 15) is 0 Å². The first-order valence-corrected chi connectivity index (χ1v) is 2.74. The molecule has 1 aliphatic heterocycles.